The van der Waals surface area contributed by atoms with Gasteiger partial charge < -0.3 is 20.5 Å². The van der Waals surface area contributed by atoms with Crippen LogP contribution in [0.3, 0.4) is 0 Å². The number of hydrogen-bond acceptors (Lipinski definition) is 4. The van der Waals surface area contributed by atoms with Gasteiger partial charge in [-0.15, -0.1) is 0 Å². The molecule has 2 aliphatic heterocycles. The van der Waals surface area contributed by atoms with E-state index in [9.17, 15) is 4.79 Å². The number of carbonyl (C=O) groups is 1. The number of rotatable bonds is 3. The molecule has 2 aliphatic rings. The molecule has 0 saturated carbocycles. The quantitative estimate of drug-likeness (QED) is 0.788. The standard InChI is InChI=1S/C14H22N4OS/c19-14(18-5-7-20-8-6-18)13-9-12(10-16-13)17-11-1-3-15-4-2-11/h9-11,15-17H,1-8H2. The van der Waals surface area contributed by atoms with Crippen molar-refractivity contribution >= 4 is 23.4 Å². The summed E-state index contributed by atoms with van der Waals surface area (Å²) in [7, 11) is 0. The summed E-state index contributed by atoms with van der Waals surface area (Å²) in [6.07, 6.45) is 4.18. The molecule has 5 nitrogen and oxygen atoms in total. The maximum absolute atomic E-state index is 12.4. The summed E-state index contributed by atoms with van der Waals surface area (Å²) in [5, 5.41) is 6.87. The largest absolute Gasteiger partial charge is 0.381 e. The first-order chi connectivity index (χ1) is 9.83. The Kier molecular flexibility index (Phi) is 4.52. The molecule has 110 valence electrons. The molecule has 0 unspecified atom stereocenters. The fourth-order valence-corrected chi connectivity index (χ4v) is 3.64. The molecule has 1 aromatic rings. The third-order valence-corrected chi connectivity index (χ3v) is 4.86. The fraction of sp³-hybridized carbons (Fsp3) is 0.643. The number of nitrogens with one attached hydrogen (secondary N) is 3. The molecule has 2 fully saturated rings. The average molecular weight is 294 g/mol. The second kappa shape index (κ2) is 6.54. The van der Waals surface area contributed by atoms with Crippen molar-refractivity contribution in [3.05, 3.63) is 18.0 Å². The summed E-state index contributed by atoms with van der Waals surface area (Å²) in [6, 6.07) is 2.47. The van der Waals surface area contributed by atoms with Crippen LogP contribution in [-0.4, -0.2) is 59.5 Å². The number of piperidine rings is 1. The first kappa shape index (κ1) is 13.8. The summed E-state index contributed by atoms with van der Waals surface area (Å²) < 4.78 is 0. The van der Waals surface area contributed by atoms with Crippen LogP contribution in [0.5, 0.6) is 0 Å². The van der Waals surface area contributed by atoms with Crippen molar-refractivity contribution in [3.8, 4) is 0 Å². The number of aromatic nitrogens is 1. The lowest BCUT2D eigenvalue weighted by atomic mass is 10.1. The number of anilines is 1. The van der Waals surface area contributed by atoms with E-state index in [0.29, 0.717) is 11.7 Å². The Morgan fingerprint density at radius 2 is 2.05 bits per heavy atom. The summed E-state index contributed by atoms with van der Waals surface area (Å²) in [4.78, 5) is 17.4. The van der Waals surface area contributed by atoms with Gasteiger partial charge in [0.05, 0.1) is 5.69 Å². The fourth-order valence-electron chi connectivity index (χ4n) is 2.74. The van der Waals surface area contributed by atoms with Gasteiger partial charge in [-0.05, 0) is 32.0 Å². The number of H-pyrrole nitrogens is 1. The summed E-state index contributed by atoms with van der Waals surface area (Å²) in [5.74, 6) is 2.22. The van der Waals surface area contributed by atoms with Gasteiger partial charge in [0, 0.05) is 36.8 Å². The van der Waals surface area contributed by atoms with Crippen LogP contribution in [0.25, 0.3) is 0 Å². The van der Waals surface area contributed by atoms with Gasteiger partial charge in [0.2, 0.25) is 0 Å². The van der Waals surface area contributed by atoms with E-state index in [1.54, 1.807) is 0 Å². The lowest BCUT2D eigenvalue weighted by molar-refractivity contribution is 0.0767. The van der Waals surface area contributed by atoms with Gasteiger partial charge >= 0.3 is 0 Å². The number of amides is 1. The van der Waals surface area contributed by atoms with E-state index in [2.05, 4.69) is 15.6 Å². The van der Waals surface area contributed by atoms with Gasteiger partial charge in [-0.2, -0.15) is 11.8 Å². The van der Waals surface area contributed by atoms with Crippen LogP contribution in [0.2, 0.25) is 0 Å². The minimum absolute atomic E-state index is 0.128. The monoisotopic (exact) mass is 294 g/mol. The molecule has 3 rings (SSSR count). The number of hydrogen-bond donors (Lipinski definition) is 3. The SMILES string of the molecule is O=C(c1cc(NC2CCNCC2)c[nH]1)N1CCSCC1. The predicted octanol–water partition coefficient (Wildman–Crippen LogP) is 1.37. The van der Waals surface area contributed by atoms with Crippen molar-refractivity contribution < 1.29 is 4.79 Å². The van der Waals surface area contributed by atoms with Gasteiger partial charge in [0.15, 0.2) is 0 Å². The Bertz CT molecular complexity index is 450. The highest BCUT2D eigenvalue weighted by atomic mass is 32.2. The highest BCUT2D eigenvalue weighted by Crippen LogP contribution is 2.17. The number of thioether (sulfide) groups is 1. The van der Waals surface area contributed by atoms with Crippen molar-refractivity contribution in [2.75, 3.05) is 43.0 Å². The van der Waals surface area contributed by atoms with Crippen LogP contribution < -0.4 is 10.6 Å². The van der Waals surface area contributed by atoms with Crippen LogP contribution in [0, 0.1) is 0 Å². The molecule has 3 N–H and O–H groups in total. The molecule has 0 aliphatic carbocycles. The van der Waals surface area contributed by atoms with Crippen LogP contribution in [-0.2, 0) is 0 Å². The molecule has 0 spiro atoms. The molecule has 0 radical (unpaired) electrons. The third-order valence-electron chi connectivity index (χ3n) is 3.92. The first-order valence-electron chi connectivity index (χ1n) is 7.35. The van der Waals surface area contributed by atoms with Crippen molar-refractivity contribution in [1.29, 1.82) is 0 Å². The van der Waals surface area contributed by atoms with Crippen LogP contribution >= 0.6 is 11.8 Å². The Hall–Kier alpha value is -1.14. The second-order valence-corrected chi connectivity index (χ2v) is 6.60. The topological polar surface area (TPSA) is 60.2 Å². The predicted molar refractivity (Wildman–Crippen MR) is 83.5 cm³/mol. The van der Waals surface area contributed by atoms with Crippen molar-refractivity contribution in [1.82, 2.24) is 15.2 Å². The van der Waals surface area contributed by atoms with Crippen LogP contribution in [0.4, 0.5) is 5.69 Å². The maximum Gasteiger partial charge on any atom is 0.270 e. The van der Waals surface area contributed by atoms with E-state index in [0.717, 1.165) is 56.2 Å². The van der Waals surface area contributed by atoms with E-state index in [-0.39, 0.29) is 5.91 Å². The van der Waals surface area contributed by atoms with Crippen LogP contribution in [0.1, 0.15) is 23.3 Å². The van der Waals surface area contributed by atoms with Gasteiger partial charge in [-0.25, -0.2) is 0 Å². The Labute approximate surface area is 123 Å². The minimum atomic E-state index is 0.128. The van der Waals surface area contributed by atoms with Crippen molar-refractivity contribution in [2.24, 2.45) is 0 Å². The molecule has 3 heterocycles. The average Bonchev–Trinajstić information content (AvgIpc) is 2.97. The Morgan fingerprint density at radius 1 is 1.30 bits per heavy atom. The van der Waals surface area contributed by atoms with Gasteiger partial charge in [-0.3, -0.25) is 4.79 Å². The second-order valence-electron chi connectivity index (χ2n) is 5.38. The molecule has 0 bridgehead atoms. The molecular weight excluding hydrogens is 272 g/mol. The molecule has 1 amide bonds. The lowest BCUT2D eigenvalue weighted by Gasteiger charge is -2.26. The molecule has 1 aromatic heterocycles. The van der Waals surface area contributed by atoms with E-state index >= 15 is 0 Å². The summed E-state index contributed by atoms with van der Waals surface area (Å²) >= 11 is 1.92. The lowest BCUT2D eigenvalue weighted by Crippen LogP contribution is -2.38. The number of carbonyl (C=O) groups excluding carboxylic acids is 1. The third kappa shape index (κ3) is 3.30. The van der Waals surface area contributed by atoms with Crippen molar-refractivity contribution in [3.63, 3.8) is 0 Å². The van der Waals surface area contributed by atoms with Gasteiger partial charge in [0.1, 0.15) is 5.69 Å². The molecule has 0 aromatic carbocycles. The zero-order valence-electron chi connectivity index (χ0n) is 11.7. The maximum atomic E-state index is 12.4. The normalized spacial score (nSPS) is 20.9. The zero-order chi connectivity index (χ0) is 13.8. The highest BCUT2D eigenvalue weighted by Gasteiger charge is 2.20. The minimum Gasteiger partial charge on any atom is -0.381 e. The van der Waals surface area contributed by atoms with E-state index in [4.69, 9.17) is 0 Å². The van der Waals surface area contributed by atoms with Gasteiger partial charge in [-0.1, -0.05) is 0 Å². The first-order valence-corrected chi connectivity index (χ1v) is 8.51. The number of nitrogens with zero attached hydrogens (tertiary/aromatic N) is 1. The molecule has 0 atom stereocenters. The molecular formula is C14H22N4OS. The highest BCUT2D eigenvalue weighted by molar-refractivity contribution is 7.99. The molecule has 20 heavy (non-hydrogen) atoms. The summed E-state index contributed by atoms with van der Waals surface area (Å²) in [6.45, 7) is 3.86. The smallest absolute Gasteiger partial charge is 0.270 e. The Morgan fingerprint density at radius 3 is 2.80 bits per heavy atom. The molecule has 2 saturated heterocycles. The zero-order valence-corrected chi connectivity index (χ0v) is 12.5. The molecule has 6 heteroatoms. The van der Waals surface area contributed by atoms with E-state index in [1.807, 2.05) is 28.9 Å². The van der Waals surface area contributed by atoms with Crippen molar-refractivity contribution in [2.45, 2.75) is 18.9 Å². The summed E-state index contributed by atoms with van der Waals surface area (Å²) in [5.41, 5.74) is 1.74. The Balaban J connectivity index is 1.59. The van der Waals surface area contributed by atoms with Crippen LogP contribution in [0.15, 0.2) is 12.3 Å². The van der Waals surface area contributed by atoms with E-state index < -0.39 is 0 Å². The van der Waals surface area contributed by atoms with E-state index in [1.165, 1.54) is 0 Å². The number of aromatic amines is 1. The van der Waals surface area contributed by atoms with Gasteiger partial charge in [0.25, 0.3) is 5.91 Å².